The topological polar surface area (TPSA) is 58.6 Å². The van der Waals surface area contributed by atoms with E-state index in [4.69, 9.17) is 16.3 Å². The van der Waals surface area contributed by atoms with Crippen molar-refractivity contribution in [3.05, 3.63) is 56.5 Å². The van der Waals surface area contributed by atoms with Crippen LogP contribution in [0.3, 0.4) is 0 Å². The van der Waals surface area contributed by atoms with Gasteiger partial charge in [0.15, 0.2) is 6.61 Å². The molecule has 0 atom stereocenters. The number of phenolic OH excluding ortho intramolecular Hbond substituents is 1. The maximum Gasteiger partial charge on any atom is 0.257 e. The van der Waals surface area contributed by atoms with Crippen LogP contribution in [0.15, 0.2) is 34.8 Å². The van der Waals surface area contributed by atoms with Gasteiger partial charge in [0, 0.05) is 22.5 Å². The second-order valence-corrected chi connectivity index (χ2v) is 7.59. The van der Waals surface area contributed by atoms with E-state index in [1.807, 2.05) is 39.0 Å². The number of carbonyl (C=O) groups excluding carboxylic acids is 1. The van der Waals surface area contributed by atoms with Crippen LogP contribution < -0.4 is 10.1 Å². The Morgan fingerprint density at radius 3 is 2.65 bits per heavy atom. The zero-order chi connectivity index (χ0) is 19.3. The molecule has 0 heterocycles. The molecule has 0 aliphatic carbocycles. The maximum absolute atomic E-state index is 11.5. The first-order valence-electron chi connectivity index (χ1n) is 8.51. The maximum atomic E-state index is 11.5. The third kappa shape index (κ3) is 5.39. The number of ether oxygens (including phenoxy) is 1. The van der Waals surface area contributed by atoms with Crippen LogP contribution in [0.5, 0.6) is 11.5 Å². The highest BCUT2D eigenvalue weighted by molar-refractivity contribution is 9.10. The van der Waals surface area contributed by atoms with Crippen molar-refractivity contribution in [1.29, 1.82) is 0 Å². The van der Waals surface area contributed by atoms with Gasteiger partial charge in [-0.25, -0.2) is 0 Å². The minimum Gasteiger partial charge on any atom is -0.508 e. The summed E-state index contributed by atoms with van der Waals surface area (Å²) in [6.45, 7) is 6.46. The molecule has 0 unspecified atom stereocenters. The van der Waals surface area contributed by atoms with Gasteiger partial charge in [0.2, 0.25) is 0 Å². The highest BCUT2D eigenvalue weighted by Crippen LogP contribution is 2.34. The van der Waals surface area contributed by atoms with E-state index >= 15 is 0 Å². The smallest absolute Gasteiger partial charge is 0.257 e. The number of benzene rings is 2. The Hall–Kier alpha value is -1.72. The van der Waals surface area contributed by atoms with Crippen molar-refractivity contribution >= 4 is 33.4 Å². The van der Waals surface area contributed by atoms with E-state index in [1.165, 1.54) is 0 Å². The minimum absolute atomic E-state index is 0.0499. The van der Waals surface area contributed by atoms with Crippen molar-refractivity contribution in [3.8, 4) is 11.5 Å². The monoisotopic (exact) mass is 439 g/mol. The van der Waals surface area contributed by atoms with E-state index in [1.54, 1.807) is 12.1 Å². The van der Waals surface area contributed by atoms with Gasteiger partial charge >= 0.3 is 0 Å². The highest BCUT2D eigenvalue weighted by atomic mass is 79.9. The van der Waals surface area contributed by atoms with E-state index in [0.29, 0.717) is 29.5 Å². The number of halogens is 2. The first kappa shape index (κ1) is 20.6. The normalized spacial score (nSPS) is 10.8. The highest BCUT2D eigenvalue weighted by Gasteiger charge is 2.13. The predicted octanol–water partition coefficient (Wildman–Crippen LogP) is 5.04. The number of amides is 1. The molecule has 0 aromatic heterocycles. The summed E-state index contributed by atoms with van der Waals surface area (Å²) in [5.74, 6) is 0.904. The number of nitrogens with one attached hydrogen (secondary N) is 1. The van der Waals surface area contributed by atoms with Crippen LogP contribution in [0.1, 0.15) is 43.4 Å². The number of aromatic hydroxyl groups is 1. The quantitative estimate of drug-likeness (QED) is 0.634. The Morgan fingerprint density at radius 2 is 2.04 bits per heavy atom. The lowest BCUT2D eigenvalue weighted by Gasteiger charge is -2.14. The van der Waals surface area contributed by atoms with E-state index in [9.17, 15) is 9.90 Å². The molecule has 0 spiro atoms. The van der Waals surface area contributed by atoms with Gasteiger partial charge in [-0.1, -0.05) is 53.5 Å². The van der Waals surface area contributed by atoms with Gasteiger partial charge in [0.05, 0.1) is 0 Å². The summed E-state index contributed by atoms with van der Waals surface area (Å²) in [6, 6.07) is 9.14. The molecule has 0 saturated carbocycles. The number of hydrogen-bond donors (Lipinski definition) is 2. The fourth-order valence-corrected chi connectivity index (χ4v) is 3.58. The molecule has 1 amide bonds. The number of hydrogen-bond acceptors (Lipinski definition) is 3. The first-order chi connectivity index (χ1) is 12.3. The molecular formula is C20H23BrClNO3. The van der Waals surface area contributed by atoms with Crippen molar-refractivity contribution in [2.75, 3.05) is 13.2 Å². The van der Waals surface area contributed by atoms with E-state index in [0.717, 1.165) is 21.2 Å². The molecule has 4 nitrogen and oxygen atoms in total. The molecule has 2 aromatic carbocycles. The fourth-order valence-electron chi connectivity index (χ4n) is 2.61. The van der Waals surface area contributed by atoms with Gasteiger partial charge in [-0.2, -0.15) is 0 Å². The van der Waals surface area contributed by atoms with Crippen LogP contribution in [0.4, 0.5) is 0 Å². The van der Waals surface area contributed by atoms with Gasteiger partial charge in [0.1, 0.15) is 11.5 Å². The SMILES string of the molecule is CCNC(=O)COc1cc(Cl)c(Cc2ccc(O)c(C(C)C)c2)c(Br)c1. The Kier molecular flexibility index (Phi) is 7.35. The Bertz CT molecular complexity index is 770. The van der Waals surface area contributed by atoms with E-state index in [2.05, 4.69) is 21.2 Å². The summed E-state index contributed by atoms with van der Waals surface area (Å²) >= 11 is 9.98. The summed E-state index contributed by atoms with van der Waals surface area (Å²) < 4.78 is 6.31. The van der Waals surface area contributed by atoms with Gasteiger partial charge in [-0.3, -0.25) is 4.79 Å². The van der Waals surface area contributed by atoms with E-state index in [-0.39, 0.29) is 18.4 Å². The fraction of sp³-hybridized carbons (Fsp3) is 0.350. The lowest BCUT2D eigenvalue weighted by molar-refractivity contribution is -0.122. The van der Waals surface area contributed by atoms with Crippen molar-refractivity contribution in [2.45, 2.75) is 33.1 Å². The average molecular weight is 441 g/mol. The van der Waals surface area contributed by atoms with Crippen molar-refractivity contribution < 1.29 is 14.6 Å². The first-order valence-corrected chi connectivity index (χ1v) is 9.68. The average Bonchev–Trinajstić information content (AvgIpc) is 2.57. The zero-order valence-corrected chi connectivity index (χ0v) is 17.4. The van der Waals surface area contributed by atoms with E-state index < -0.39 is 0 Å². The molecule has 6 heteroatoms. The minimum atomic E-state index is -0.172. The molecule has 0 radical (unpaired) electrons. The predicted molar refractivity (Wildman–Crippen MR) is 108 cm³/mol. The van der Waals surface area contributed by atoms with Gasteiger partial charge in [-0.15, -0.1) is 0 Å². The molecule has 2 aromatic rings. The summed E-state index contributed by atoms with van der Waals surface area (Å²) in [4.78, 5) is 11.5. The summed E-state index contributed by atoms with van der Waals surface area (Å²) in [6.07, 6.45) is 0.621. The number of phenols is 1. The molecule has 2 N–H and O–H groups in total. The second-order valence-electron chi connectivity index (χ2n) is 6.33. The molecule has 0 aliphatic rings. The molecule has 26 heavy (non-hydrogen) atoms. The zero-order valence-electron chi connectivity index (χ0n) is 15.1. The lowest BCUT2D eigenvalue weighted by Crippen LogP contribution is -2.28. The van der Waals surface area contributed by atoms with Crippen molar-refractivity contribution in [1.82, 2.24) is 5.32 Å². The van der Waals surface area contributed by atoms with Crippen molar-refractivity contribution in [3.63, 3.8) is 0 Å². The van der Waals surface area contributed by atoms with Crippen molar-refractivity contribution in [2.24, 2.45) is 0 Å². The second kappa shape index (κ2) is 9.28. The third-order valence-electron chi connectivity index (χ3n) is 3.95. The van der Waals surface area contributed by atoms with Crippen LogP contribution >= 0.6 is 27.5 Å². The van der Waals surface area contributed by atoms with Gasteiger partial charge in [0.25, 0.3) is 5.91 Å². The van der Waals surface area contributed by atoms with Crippen LogP contribution in [0, 0.1) is 0 Å². The molecule has 140 valence electrons. The Morgan fingerprint density at radius 1 is 1.31 bits per heavy atom. The molecule has 0 saturated heterocycles. The van der Waals surface area contributed by atoms with Crippen LogP contribution in [-0.2, 0) is 11.2 Å². The molecule has 2 rings (SSSR count). The van der Waals surface area contributed by atoms with Gasteiger partial charge < -0.3 is 15.2 Å². The number of likely N-dealkylation sites (N-methyl/N-ethyl adjacent to an activating group) is 1. The Labute approximate surface area is 167 Å². The molecular weight excluding hydrogens is 418 g/mol. The Balaban J connectivity index is 2.18. The number of carbonyl (C=O) groups is 1. The van der Waals surface area contributed by atoms with Crippen LogP contribution in [0.25, 0.3) is 0 Å². The third-order valence-corrected chi connectivity index (χ3v) is 5.00. The largest absolute Gasteiger partial charge is 0.508 e. The van der Waals surface area contributed by atoms with Gasteiger partial charge in [-0.05, 0) is 47.7 Å². The lowest BCUT2D eigenvalue weighted by atomic mass is 9.96. The van der Waals surface area contributed by atoms with Crippen LogP contribution in [0.2, 0.25) is 5.02 Å². The summed E-state index contributed by atoms with van der Waals surface area (Å²) in [5, 5.41) is 13.2. The standard InChI is InChI=1S/C20H23BrClNO3/c1-4-23-20(25)11-26-14-9-17(21)16(18(22)10-14)8-13-5-6-19(24)15(7-13)12(2)3/h5-7,9-10,12,24H,4,8,11H2,1-3H3,(H,23,25). The molecule has 0 aliphatic heterocycles. The summed E-state index contributed by atoms with van der Waals surface area (Å²) in [5.41, 5.74) is 2.90. The molecule has 0 fully saturated rings. The summed E-state index contributed by atoms with van der Waals surface area (Å²) in [7, 11) is 0. The molecule has 0 bridgehead atoms. The number of rotatable bonds is 7. The van der Waals surface area contributed by atoms with Crippen LogP contribution in [-0.4, -0.2) is 24.2 Å².